The van der Waals surface area contributed by atoms with Gasteiger partial charge in [0, 0.05) is 50.2 Å². The molecule has 0 atom stereocenters. The van der Waals surface area contributed by atoms with Gasteiger partial charge in [-0.15, -0.1) is 0 Å². The monoisotopic (exact) mass is 639 g/mol. The molecular weight excluding hydrogens is 611 g/mol. The summed E-state index contributed by atoms with van der Waals surface area (Å²) in [5.74, 6) is 0.583. The van der Waals surface area contributed by atoms with Crippen LogP contribution in [-0.4, -0.2) is 24.1 Å². The molecule has 0 saturated heterocycles. The molecule has 0 spiro atoms. The van der Waals surface area contributed by atoms with Crippen molar-refractivity contribution in [3.8, 4) is 45.4 Å². The van der Waals surface area contributed by atoms with E-state index in [1.54, 1.807) is 0 Å². The van der Waals surface area contributed by atoms with Crippen molar-refractivity contribution >= 4 is 43.6 Å². The van der Waals surface area contributed by atoms with Crippen LogP contribution in [0.3, 0.4) is 0 Å². The second-order valence-corrected chi connectivity index (χ2v) is 12.5. The van der Waals surface area contributed by atoms with Gasteiger partial charge in [-0.05, 0) is 54.6 Å². The van der Waals surface area contributed by atoms with Crippen LogP contribution in [0.15, 0.2) is 176 Å². The largest absolute Gasteiger partial charge is 0.309 e. The molecule has 4 heterocycles. The summed E-state index contributed by atoms with van der Waals surface area (Å²) < 4.78 is 4.72. The molecule has 50 heavy (non-hydrogen) atoms. The summed E-state index contributed by atoms with van der Waals surface area (Å²) in [4.78, 5) is 15.0. The second-order valence-electron chi connectivity index (χ2n) is 12.5. The molecule has 0 N–H and O–H groups in total. The first-order valence-corrected chi connectivity index (χ1v) is 16.8. The first kappa shape index (κ1) is 28.2. The Morgan fingerprint density at radius 3 is 1.42 bits per heavy atom. The molecule has 4 aromatic heterocycles. The van der Waals surface area contributed by atoms with Gasteiger partial charge in [-0.25, -0.2) is 9.97 Å². The van der Waals surface area contributed by atoms with Crippen molar-refractivity contribution in [1.82, 2.24) is 24.1 Å². The molecule has 0 fully saturated rings. The minimum absolute atomic E-state index is 0.583. The Morgan fingerprint density at radius 1 is 0.340 bits per heavy atom. The summed E-state index contributed by atoms with van der Waals surface area (Å²) >= 11 is 0. The van der Waals surface area contributed by atoms with E-state index in [0.29, 0.717) is 11.5 Å². The van der Waals surface area contributed by atoms with Crippen molar-refractivity contribution in [3.63, 3.8) is 0 Å². The Balaban J connectivity index is 1.22. The van der Waals surface area contributed by atoms with E-state index in [0.717, 1.165) is 50.4 Å². The molecule has 0 bridgehead atoms. The Kier molecular flexibility index (Phi) is 6.42. The van der Waals surface area contributed by atoms with Gasteiger partial charge in [0.05, 0.1) is 33.5 Å². The van der Waals surface area contributed by atoms with Crippen molar-refractivity contribution in [3.05, 3.63) is 176 Å². The van der Waals surface area contributed by atoms with Crippen molar-refractivity contribution < 1.29 is 0 Å². The minimum atomic E-state index is 0.583. The van der Waals surface area contributed by atoms with Crippen LogP contribution in [0.2, 0.25) is 0 Å². The van der Waals surface area contributed by atoms with Crippen LogP contribution < -0.4 is 0 Å². The Bertz CT molecular complexity index is 2800. The normalized spacial score (nSPS) is 11.6. The average molecular weight is 640 g/mol. The number of pyridine rings is 1. The van der Waals surface area contributed by atoms with Gasteiger partial charge in [0.15, 0.2) is 5.82 Å². The summed E-state index contributed by atoms with van der Waals surface area (Å²) in [6.45, 7) is 0. The topological polar surface area (TPSA) is 48.5 Å². The molecule has 0 saturated carbocycles. The van der Waals surface area contributed by atoms with Gasteiger partial charge >= 0.3 is 0 Å². The van der Waals surface area contributed by atoms with Crippen LogP contribution in [0, 0.1) is 0 Å². The maximum atomic E-state index is 5.07. The third kappa shape index (κ3) is 4.52. The van der Waals surface area contributed by atoms with Crippen molar-refractivity contribution in [2.75, 3.05) is 0 Å². The van der Waals surface area contributed by atoms with E-state index in [9.17, 15) is 0 Å². The van der Waals surface area contributed by atoms with Gasteiger partial charge in [0.1, 0.15) is 5.69 Å². The summed E-state index contributed by atoms with van der Waals surface area (Å²) in [5.41, 5.74) is 11.2. The molecular formula is C45H29N5. The Labute approximate surface area is 288 Å². The highest BCUT2D eigenvalue weighted by Crippen LogP contribution is 2.40. The van der Waals surface area contributed by atoms with E-state index < -0.39 is 0 Å². The summed E-state index contributed by atoms with van der Waals surface area (Å²) in [7, 11) is 0. The number of hydrogen-bond donors (Lipinski definition) is 0. The maximum absolute atomic E-state index is 5.07. The van der Waals surface area contributed by atoms with Gasteiger partial charge in [0.2, 0.25) is 0 Å². The number of para-hydroxylation sites is 3. The van der Waals surface area contributed by atoms with Gasteiger partial charge in [0.25, 0.3) is 0 Å². The van der Waals surface area contributed by atoms with Crippen LogP contribution in [0.4, 0.5) is 0 Å². The second kappa shape index (κ2) is 11.4. The number of benzene rings is 6. The van der Waals surface area contributed by atoms with Crippen molar-refractivity contribution in [2.45, 2.75) is 0 Å². The number of fused-ring (bicyclic) bond motifs is 6. The molecule has 234 valence electrons. The van der Waals surface area contributed by atoms with Crippen LogP contribution >= 0.6 is 0 Å². The lowest BCUT2D eigenvalue weighted by Gasteiger charge is -2.12. The van der Waals surface area contributed by atoms with E-state index in [-0.39, 0.29) is 0 Å². The first-order valence-electron chi connectivity index (χ1n) is 16.8. The van der Waals surface area contributed by atoms with E-state index in [1.807, 2.05) is 42.6 Å². The fourth-order valence-corrected chi connectivity index (χ4v) is 7.32. The van der Waals surface area contributed by atoms with Gasteiger partial charge in [-0.2, -0.15) is 0 Å². The van der Waals surface area contributed by atoms with E-state index in [2.05, 4.69) is 143 Å². The third-order valence-electron chi connectivity index (χ3n) is 9.58. The molecule has 5 nitrogen and oxygen atoms in total. The molecule has 0 amide bonds. The Morgan fingerprint density at radius 2 is 0.840 bits per heavy atom. The maximum Gasteiger partial charge on any atom is 0.179 e. The summed E-state index contributed by atoms with van der Waals surface area (Å²) in [6, 6.07) is 59.4. The van der Waals surface area contributed by atoms with Gasteiger partial charge in [-0.1, -0.05) is 115 Å². The molecule has 6 aromatic carbocycles. The summed E-state index contributed by atoms with van der Waals surface area (Å²) in [6.07, 6.45) is 1.87. The molecule has 0 aliphatic rings. The molecule has 0 unspecified atom stereocenters. The van der Waals surface area contributed by atoms with Crippen LogP contribution in [0.5, 0.6) is 0 Å². The van der Waals surface area contributed by atoms with E-state index >= 15 is 0 Å². The highest BCUT2D eigenvalue weighted by Gasteiger charge is 2.19. The van der Waals surface area contributed by atoms with Crippen LogP contribution in [0.1, 0.15) is 0 Å². The van der Waals surface area contributed by atoms with E-state index in [4.69, 9.17) is 15.0 Å². The molecule has 0 aliphatic carbocycles. The van der Waals surface area contributed by atoms with Crippen molar-refractivity contribution in [1.29, 1.82) is 0 Å². The van der Waals surface area contributed by atoms with Gasteiger partial charge in [-0.3, -0.25) is 4.98 Å². The first-order chi connectivity index (χ1) is 24.8. The lowest BCUT2D eigenvalue weighted by atomic mass is 10.1. The van der Waals surface area contributed by atoms with Crippen LogP contribution in [0.25, 0.3) is 89.0 Å². The quantitative estimate of drug-likeness (QED) is 0.188. The molecule has 10 rings (SSSR count). The lowest BCUT2D eigenvalue weighted by molar-refractivity contribution is 1.12. The Hall–Kier alpha value is -6.85. The lowest BCUT2D eigenvalue weighted by Crippen LogP contribution is -2.00. The third-order valence-corrected chi connectivity index (χ3v) is 9.58. The zero-order chi connectivity index (χ0) is 33.0. The van der Waals surface area contributed by atoms with Gasteiger partial charge < -0.3 is 9.13 Å². The number of hydrogen-bond acceptors (Lipinski definition) is 3. The predicted octanol–water partition coefficient (Wildman–Crippen LogP) is 11.1. The number of rotatable bonds is 5. The smallest absolute Gasteiger partial charge is 0.179 e. The average Bonchev–Trinajstić information content (AvgIpc) is 3.70. The fourth-order valence-electron chi connectivity index (χ4n) is 7.32. The molecule has 0 aliphatic heterocycles. The number of nitrogens with zero attached hydrogens (tertiary/aromatic N) is 5. The fraction of sp³-hybridized carbons (Fsp3) is 0. The molecule has 10 aromatic rings. The standard InChI is InChI=1S/C45H29N5/c1-4-14-30(15-5-1)38-28-39(31-16-6-2-7-17-31)48-45(47-38)40-26-33(24-25-46-40)50-42-23-13-11-21-35(42)37-27-36-34-20-10-12-22-41(34)49(43(36)29-44(37)50)32-18-8-3-9-19-32/h1-29H. The minimum Gasteiger partial charge on any atom is -0.309 e. The zero-order valence-electron chi connectivity index (χ0n) is 27.0. The SMILES string of the molecule is c1ccc(-c2cc(-c3ccccc3)nc(-c3cc(-n4c5ccccc5c5cc6c7ccccc7n(-c7ccccc7)c6cc54)ccn3)n2)cc1. The van der Waals surface area contributed by atoms with Crippen molar-refractivity contribution in [2.24, 2.45) is 0 Å². The zero-order valence-corrected chi connectivity index (χ0v) is 27.0. The van der Waals surface area contributed by atoms with E-state index in [1.165, 1.54) is 27.1 Å². The predicted molar refractivity (Wildman–Crippen MR) is 205 cm³/mol. The highest BCUT2D eigenvalue weighted by molar-refractivity contribution is 6.19. The van der Waals surface area contributed by atoms with Crippen LogP contribution in [-0.2, 0) is 0 Å². The number of aromatic nitrogens is 5. The molecule has 0 radical (unpaired) electrons. The summed E-state index contributed by atoms with van der Waals surface area (Å²) in [5, 5.41) is 4.87. The molecule has 5 heteroatoms. The highest BCUT2D eigenvalue weighted by atomic mass is 15.0.